The molecule has 1 aromatic carbocycles. The van der Waals surface area contributed by atoms with Gasteiger partial charge in [0.25, 0.3) is 5.91 Å². The minimum atomic E-state index is -4.85. The zero-order valence-corrected chi connectivity index (χ0v) is 8.25. The average Bonchev–Trinajstić information content (AvgIpc) is 2.15. The lowest BCUT2D eigenvalue weighted by Crippen LogP contribution is -2.18. The Morgan fingerprint density at radius 2 is 2.06 bits per heavy atom. The van der Waals surface area contributed by atoms with E-state index in [0.717, 1.165) is 18.2 Å². The summed E-state index contributed by atoms with van der Waals surface area (Å²) in [5.41, 5.74) is 4.69. The minimum absolute atomic E-state index is 0.119. The molecule has 0 aliphatic rings. The minimum Gasteiger partial charge on any atom is -0.406 e. The molecule has 0 atom stereocenters. The molecule has 0 aliphatic carbocycles. The highest BCUT2D eigenvalue weighted by molar-refractivity contribution is 6.00. The Labute approximate surface area is 93.3 Å². The van der Waals surface area contributed by atoms with Crippen LogP contribution in [0, 0.1) is 0 Å². The second-order valence-corrected chi connectivity index (χ2v) is 2.88. The number of nitrogens with two attached hydrogens (primary N) is 1. The van der Waals surface area contributed by atoms with Crippen molar-refractivity contribution in [3.63, 3.8) is 0 Å². The van der Waals surface area contributed by atoms with Crippen LogP contribution in [0.4, 0.5) is 18.9 Å². The number of carbonyl (C=O) groups is 2. The molecule has 0 heterocycles. The van der Waals surface area contributed by atoms with Crippen molar-refractivity contribution in [2.75, 3.05) is 5.32 Å². The fourth-order valence-corrected chi connectivity index (χ4v) is 1.12. The van der Waals surface area contributed by atoms with Gasteiger partial charge >= 0.3 is 6.36 Å². The number of benzene rings is 1. The van der Waals surface area contributed by atoms with Crippen molar-refractivity contribution in [3.05, 3.63) is 23.8 Å². The Balaban J connectivity index is 3.09. The van der Waals surface area contributed by atoms with E-state index in [4.69, 9.17) is 5.73 Å². The van der Waals surface area contributed by atoms with Gasteiger partial charge in [0.15, 0.2) is 0 Å². The van der Waals surface area contributed by atoms with Gasteiger partial charge < -0.3 is 15.8 Å². The molecule has 0 radical (unpaired) electrons. The molecule has 0 bridgehead atoms. The second kappa shape index (κ2) is 4.73. The Kier molecular flexibility index (Phi) is 3.56. The van der Waals surface area contributed by atoms with Crippen molar-refractivity contribution >= 4 is 18.0 Å². The predicted octanol–water partition coefficient (Wildman–Crippen LogP) is 1.25. The summed E-state index contributed by atoms with van der Waals surface area (Å²) in [7, 11) is 0. The Hall–Kier alpha value is -2.25. The smallest absolute Gasteiger partial charge is 0.406 e. The van der Waals surface area contributed by atoms with Gasteiger partial charge in [0.05, 0.1) is 11.3 Å². The molecule has 1 aromatic rings. The fourth-order valence-electron chi connectivity index (χ4n) is 1.12. The molecular weight excluding hydrogens is 241 g/mol. The first-order valence-electron chi connectivity index (χ1n) is 4.23. The highest BCUT2D eigenvalue weighted by atomic mass is 19.4. The first-order chi connectivity index (χ1) is 7.83. The van der Waals surface area contributed by atoms with Crippen molar-refractivity contribution in [1.29, 1.82) is 0 Å². The van der Waals surface area contributed by atoms with Gasteiger partial charge in [-0.3, -0.25) is 9.59 Å². The van der Waals surface area contributed by atoms with Crippen LogP contribution >= 0.6 is 0 Å². The lowest BCUT2D eigenvalue weighted by Gasteiger charge is -2.11. The third-order valence-electron chi connectivity index (χ3n) is 1.70. The summed E-state index contributed by atoms with van der Waals surface area (Å²) in [6.45, 7) is 0. The van der Waals surface area contributed by atoms with E-state index in [-0.39, 0.29) is 17.7 Å². The van der Waals surface area contributed by atoms with E-state index in [1.54, 1.807) is 0 Å². The first kappa shape index (κ1) is 12.8. The molecule has 0 aliphatic heterocycles. The van der Waals surface area contributed by atoms with Crippen LogP contribution in [0.2, 0.25) is 0 Å². The van der Waals surface area contributed by atoms with E-state index in [2.05, 4.69) is 10.1 Å². The third kappa shape index (κ3) is 3.67. The number of nitrogens with one attached hydrogen (secondary N) is 1. The fraction of sp³-hybridized carbons (Fsp3) is 0.111. The number of ether oxygens (including phenoxy) is 1. The molecule has 17 heavy (non-hydrogen) atoms. The summed E-state index contributed by atoms with van der Waals surface area (Å²) in [6, 6.07) is 2.79. The summed E-state index contributed by atoms with van der Waals surface area (Å²) in [5, 5.41) is 2.05. The van der Waals surface area contributed by atoms with E-state index in [0.29, 0.717) is 0 Å². The zero-order valence-electron chi connectivity index (χ0n) is 8.25. The van der Waals surface area contributed by atoms with E-state index in [1.807, 2.05) is 0 Å². The lowest BCUT2D eigenvalue weighted by molar-refractivity contribution is -0.274. The second-order valence-electron chi connectivity index (χ2n) is 2.88. The van der Waals surface area contributed by atoms with Crippen LogP contribution in [0.25, 0.3) is 0 Å². The molecule has 0 unspecified atom stereocenters. The van der Waals surface area contributed by atoms with Crippen LogP contribution in [0.15, 0.2) is 18.2 Å². The summed E-state index contributed by atoms with van der Waals surface area (Å²) >= 11 is 0. The molecule has 0 saturated heterocycles. The number of hydrogen-bond donors (Lipinski definition) is 2. The van der Waals surface area contributed by atoms with Crippen LogP contribution < -0.4 is 15.8 Å². The van der Waals surface area contributed by atoms with E-state index < -0.39 is 18.0 Å². The standard InChI is InChI=1S/C9H7F3N2O3/c10-9(11,12)17-5-1-2-6(8(13)16)7(3-5)14-4-15/h1-4H,(H2,13,16)(H,14,15). The van der Waals surface area contributed by atoms with Gasteiger partial charge in [-0.05, 0) is 12.1 Å². The summed E-state index contributed by atoms with van der Waals surface area (Å²) in [6.07, 6.45) is -4.65. The largest absolute Gasteiger partial charge is 0.573 e. The maximum Gasteiger partial charge on any atom is 0.573 e. The summed E-state index contributed by atoms with van der Waals surface area (Å²) in [5.74, 6) is -1.44. The summed E-state index contributed by atoms with van der Waals surface area (Å²) in [4.78, 5) is 21.1. The molecule has 92 valence electrons. The van der Waals surface area contributed by atoms with Crippen molar-refractivity contribution in [3.8, 4) is 5.75 Å². The van der Waals surface area contributed by atoms with Gasteiger partial charge in [0.1, 0.15) is 5.75 Å². The predicted molar refractivity (Wildman–Crippen MR) is 51.3 cm³/mol. The number of hydrogen-bond acceptors (Lipinski definition) is 3. The van der Waals surface area contributed by atoms with E-state index >= 15 is 0 Å². The van der Waals surface area contributed by atoms with E-state index in [1.165, 1.54) is 0 Å². The van der Waals surface area contributed by atoms with Crippen molar-refractivity contribution in [2.45, 2.75) is 6.36 Å². The Bertz CT molecular complexity index is 446. The number of primary amides is 1. The highest BCUT2D eigenvalue weighted by Gasteiger charge is 2.31. The van der Waals surface area contributed by atoms with Gasteiger partial charge in [-0.25, -0.2) is 0 Å². The van der Waals surface area contributed by atoms with Gasteiger partial charge in [-0.1, -0.05) is 0 Å². The molecule has 5 nitrogen and oxygen atoms in total. The van der Waals surface area contributed by atoms with Gasteiger partial charge in [0.2, 0.25) is 6.41 Å². The van der Waals surface area contributed by atoms with Crippen LogP contribution in [0.1, 0.15) is 10.4 Å². The topological polar surface area (TPSA) is 81.4 Å². The monoisotopic (exact) mass is 248 g/mol. The molecule has 0 spiro atoms. The highest BCUT2D eigenvalue weighted by Crippen LogP contribution is 2.27. The number of halogens is 3. The van der Waals surface area contributed by atoms with Crippen LogP contribution in [-0.4, -0.2) is 18.7 Å². The van der Waals surface area contributed by atoms with Crippen molar-refractivity contribution in [2.24, 2.45) is 5.73 Å². The molecule has 0 aromatic heterocycles. The molecule has 0 fully saturated rings. The Morgan fingerprint density at radius 1 is 1.41 bits per heavy atom. The zero-order chi connectivity index (χ0) is 13.1. The van der Waals surface area contributed by atoms with Crippen LogP contribution in [-0.2, 0) is 4.79 Å². The van der Waals surface area contributed by atoms with Crippen LogP contribution in [0.3, 0.4) is 0 Å². The third-order valence-corrected chi connectivity index (χ3v) is 1.70. The molecular formula is C9H7F3N2O3. The number of amides is 2. The average molecular weight is 248 g/mol. The summed E-state index contributed by atoms with van der Waals surface area (Å²) < 4.78 is 39.4. The number of anilines is 1. The SMILES string of the molecule is NC(=O)c1ccc(OC(F)(F)F)cc1NC=O. The van der Waals surface area contributed by atoms with Crippen LogP contribution in [0.5, 0.6) is 5.75 Å². The van der Waals surface area contributed by atoms with Crippen molar-refractivity contribution in [1.82, 2.24) is 0 Å². The first-order valence-corrected chi connectivity index (χ1v) is 4.23. The maximum absolute atomic E-state index is 11.9. The van der Waals surface area contributed by atoms with Gasteiger partial charge in [0, 0.05) is 6.07 Å². The van der Waals surface area contributed by atoms with Gasteiger partial charge in [-0.15, -0.1) is 13.2 Å². The quantitative estimate of drug-likeness (QED) is 0.787. The number of rotatable bonds is 4. The van der Waals surface area contributed by atoms with Gasteiger partial charge in [-0.2, -0.15) is 0 Å². The lowest BCUT2D eigenvalue weighted by atomic mass is 10.1. The normalized spacial score (nSPS) is 10.8. The maximum atomic E-state index is 11.9. The molecule has 2 amide bonds. The molecule has 0 saturated carbocycles. The van der Waals surface area contributed by atoms with Crippen molar-refractivity contribution < 1.29 is 27.5 Å². The molecule has 1 rings (SSSR count). The molecule has 3 N–H and O–H groups in total. The molecule has 8 heteroatoms. The number of alkyl halides is 3. The van der Waals surface area contributed by atoms with E-state index in [9.17, 15) is 22.8 Å². The Morgan fingerprint density at radius 3 is 2.53 bits per heavy atom. The number of carbonyl (C=O) groups excluding carboxylic acids is 2.